The fourth-order valence-electron chi connectivity index (χ4n) is 3.29. The molecular weight excluding hydrogens is 335 g/mol. The number of aromatic amines is 1. The molecule has 132 valence electrons. The van der Waals surface area contributed by atoms with Crippen molar-refractivity contribution in [3.05, 3.63) is 48.2 Å². The van der Waals surface area contributed by atoms with E-state index >= 15 is 0 Å². The molecule has 0 spiro atoms. The van der Waals surface area contributed by atoms with E-state index in [1.807, 2.05) is 0 Å². The summed E-state index contributed by atoms with van der Waals surface area (Å²) in [5, 5.41) is 9.61. The van der Waals surface area contributed by atoms with Gasteiger partial charge in [0.05, 0.1) is 17.1 Å². The fraction of sp³-hybridized carbons (Fsp3) is 0.263. The second kappa shape index (κ2) is 6.67. The lowest BCUT2D eigenvalue weighted by molar-refractivity contribution is -0.120. The van der Waals surface area contributed by atoms with E-state index in [0.29, 0.717) is 29.9 Å². The number of imidazole rings is 1. The molecule has 0 saturated heterocycles. The average Bonchev–Trinajstić information content (AvgIpc) is 3.08. The van der Waals surface area contributed by atoms with Crippen molar-refractivity contribution in [2.75, 3.05) is 0 Å². The van der Waals surface area contributed by atoms with E-state index in [1.54, 1.807) is 18.2 Å². The summed E-state index contributed by atoms with van der Waals surface area (Å²) in [7, 11) is 0. The van der Waals surface area contributed by atoms with Gasteiger partial charge in [-0.05, 0) is 43.2 Å². The predicted octanol–water partition coefficient (Wildman–Crippen LogP) is 3.61. The first-order valence-electron chi connectivity index (χ1n) is 8.50. The van der Waals surface area contributed by atoms with Crippen molar-refractivity contribution in [2.24, 2.45) is 0 Å². The quantitative estimate of drug-likeness (QED) is 0.751. The highest BCUT2D eigenvalue weighted by atomic mass is 19.1. The van der Waals surface area contributed by atoms with Crippen LogP contribution in [0.4, 0.5) is 4.39 Å². The molecule has 7 heteroatoms. The minimum Gasteiger partial charge on any atom is -0.479 e. The van der Waals surface area contributed by atoms with Gasteiger partial charge in [-0.25, -0.2) is 14.4 Å². The van der Waals surface area contributed by atoms with Crippen LogP contribution in [0, 0.1) is 5.82 Å². The van der Waals surface area contributed by atoms with Gasteiger partial charge in [-0.3, -0.25) is 4.79 Å². The molecule has 0 amide bonds. The highest BCUT2D eigenvalue weighted by Gasteiger charge is 2.25. The number of ketones is 1. The molecule has 1 aromatic carbocycles. The van der Waals surface area contributed by atoms with E-state index in [-0.39, 0.29) is 23.5 Å². The predicted molar refractivity (Wildman–Crippen MR) is 92.9 cm³/mol. The number of carbonyl (C=O) groups excluding carboxylic acids is 1. The Labute approximate surface area is 149 Å². The summed E-state index contributed by atoms with van der Waals surface area (Å²) < 4.78 is 13.3. The third kappa shape index (κ3) is 3.20. The second-order valence-electron chi connectivity index (χ2n) is 6.41. The number of nitrogens with zero attached hydrogens (tertiary/aromatic N) is 3. The number of benzene rings is 1. The van der Waals surface area contributed by atoms with Gasteiger partial charge >= 0.3 is 6.01 Å². The standard InChI is InChI=1S/C19H17FN4O2/c20-13-5-1-11(2-6-13)16-17(15-9-10-21-19(26)22-15)24-18(23-16)12-3-7-14(25)8-4-12/h1-2,5-6,9-10,12H,3-4,7-8H2,(H,23,24)(H,21,22,26). The average molecular weight is 352 g/mol. The van der Waals surface area contributed by atoms with Crippen molar-refractivity contribution >= 4 is 5.78 Å². The number of halogens is 1. The van der Waals surface area contributed by atoms with Crippen LogP contribution in [0.5, 0.6) is 6.01 Å². The van der Waals surface area contributed by atoms with Crippen molar-refractivity contribution in [2.45, 2.75) is 31.6 Å². The topological polar surface area (TPSA) is 91.8 Å². The molecule has 0 atom stereocenters. The first-order valence-corrected chi connectivity index (χ1v) is 8.50. The summed E-state index contributed by atoms with van der Waals surface area (Å²) >= 11 is 0. The zero-order valence-corrected chi connectivity index (χ0v) is 13.9. The lowest BCUT2D eigenvalue weighted by Gasteiger charge is -2.18. The van der Waals surface area contributed by atoms with Crippen molar-refractivity contribution in [1.82, 2.24) is 19.9 Å². The van der Waals surface area contributed by atoms with E-state index in [4.69, 9.17) is 4.98 Å². The molecule has 1 aliphatic carbocycles. The number of rotatable bonds is 3. The zero-order chi connectivity index (χ0) is 18.1. The Morgan fingerprint density at radius 2 is 1.81 bits per heavy atom. The molecule has 0 bridgehead atoms. The van der Waals surface area contributed by atoms with Crippen LogP contribution in [0.3, 0.4) is 0 Å². The minimum atomic E-state index is -0.327. The zero-order valence-electron chi connectivity index (χ0n) is 13.9. The van der Waals surface area contributed by atoms with E-state index in [2.05, 4.69) is 15.0 Å². The van der Waals surface area contributed by atoms with Crippen molar-refractivity contribution in [3.63, 3.8) is 0 Å². The maximum Gasteiger partial charge on any atom is 0.314 e. The van der Waals surface area contributed by atoms with Gasteiger partial charge in [-0.2, -0.15) is 4.98 Å². The van der Waals surface area contributed by atoms with Gasteiger partial charge in [0, 0.05) is 30.5 Å². The molecule has 0 aliphatic heterocycles. The maximum absolute atomic E-state index is 13.3. The summed E-state index contributed by atoms with van der Waals surface area (Å²) in [6.07, 6.45) is 4.08. The Morgan fingerprint density at radius 1 is 1.08 bits per heavy atom. The van der Waals surface area contributed by atoms with Gasteiger partial charge in [-0.15, -0.1) is 0 Å². The summed E-state index contributed by atoms with van der Waals surface area (Å²) in [6, 6.07) is 7.42. The second-order valence-corrected chi connectivity index (χ2v) is 6.41. The first kappa shape index (κ1) is 16.4. The van der Waals surface area contributed by atoms with Crippen LogP contribution in [0.2, 0.25) is 0 Å². The lowest BCUT2D eigenvalue weighted by Crippen LogP contribution is -2.13. The third-order valence-electron chi connectivity index (χ3n) is 4.67. The van der Waals surface area contributed by atoms with Crippen molar-refractivity contribution < 1.29 is 14.3 Å². The molecule has 1 saturated carbocycles. The molecule has 0 unspecified atom stereocenters. The third-order valence-corrected chi connectivity index (χ3v) is 4.67. The van der Waals surface area contributed by atoms with Crippen LogP contribution in [0.15, 0.2) is 36.5 Å². The largest absolute Gasteiger partial charge is 0.479 e. The first-order chi connectivity index (χ1) is 12.6. The molecule has 3 aromatic rings. The van der Waals surface area contributed by atoms with E-state index in [1.165, 1.54) is 18.3 Å². The summed E-state index contributed by atoms with van der Waals surface area (Å²) in [6.45, 7) is 0. The van der Waals surface area contributed by atoms with E-state index in [9.17, 15) is 14.3 Å². The molecule has 4 rings (SSSR count). The normalized spacial score (nSPS) is 15.3. The van der Waals surface area contributed by atoms with Gasteiger partial charge in [0.15, 0.2) is 0 Å². The number of aromatic nitrogens is 4. The number of nitrogens with one attached hydrogen (secondary N) is 1. The van der Waals surface area contributed by atoms with Gasteiger partial charge < -0.3 is 10.1 Å². The van der Waals surface area contributed by atoms with Crippen LogP contribution < -0.4 is 0 Å². The Balaban J connectivity index is 1.80. The highest BCUT2D eigenvalue weighted by molar-refractivity contribution is 5.79. The molecule has 0 radical (unpaired) electrons. The van der Waals surface area contributed by atoms with Crippen molar-refractivity contribution in [3.8, 4) is 28.7 Å². The Kier molecular flexibility index (Phi) is 4.20. The fourth-order valence-corrected chi connectivity index (χ4v) is 3.29. The number of hydrogen-bond acceptors (Lipinski definition) is 5. The van der Waals surface area contributed by atoms with Gasteiger partial charge in [0.25, 0.3) is 0 Å². The molecular formula is C19H17FN4O2. The highest BCUT2D eigenvalue weighted by Crippen LogP contribution is 2.35. The summed E-state index contributed by atoms with van der Waals surface area (Å²) in [4.78, 5) is 27.3. The lowest BCUT2D eigenvalue weighted by atomic mass is 9.88. The molecule has 6 nitrogen and oxygen atoms in total. The number of carbonyl (C=O) groups is 1. The van der Waals surface area contributed by atoms with Crippen LogP contribution in [-0.4, -0.2) is 30.8 Å². The smallest absolute Gasteiger partial charge is 0.314 e. The van der Waals surface area contributed by atoms with Crippen LogP contribution >= 0.6 is 0 Å². The van der Waals surface area contributed by atoms with E-state index in [0.717, 1.165) is 24.2 Å². The van der Waals surface area contributed by atoms with Gasteiger partial charge in [-0.1, -0.05) is 0 Å². The SMILES string of the molecule is O=C1CCC(c2nc(-c3ccc(F)cc3)c(-c3ccnc(O)n3)[nH]2)CC1. The molecule has 26 heavy (non-hydrogen) atoms. The number of H-pyrrole nitrogens is 1. The van der Waals surface area contributed by atoms with E-state index < -0.39 is 0 Å². The summed E-state index contributed by atoms with van der Waals surface area (Å²) in [5.74, 6) is 0.907. The number of aromatic hydroxyl groups is 1. The molecule has 1 fully saturated rings. The van der Waals surface area contributed by atoms with Crippen LogP contribution in [0.1, 0.15) is 37.4 Å². The molecule has 2 heterocycles. The molecule has 2 N–H and O–H groups in total. The van der Waals surface area contributed by atoms with Crippen LogP contribution in [0.25, 0.3) is 22.6 Å². The van der Waals surface area contributed by atoms with Crippen LogP contribution in [-0.2, 0) is 4.79 Å². The Bertz CT molecular complexity index is 942. The maximum atomic E-state index is 13.3. The molecule has 1 aliphatic rings. The van der Waals surface area contributed by atoms with Gasteiger partial charge in [0.1, 0.15) is 17.4 Å². The Morgan fingerprint density at radius 3 is 2.50 bits per heavy atom. The van der Waals surface area contributed by atoms with Crippen molar-refractivity contribution in [1.29, 1.82) is 0 Å². The monoisotopic (exact) mass is 352 g/mol. The number of hydrogen-bond donors (Lipinski definition) is 2. The summed E-state index contributed by atoms with van der Waals surface area (Å²) in [5.41, 5.74) is 2.52. The minimum absolute atomic E-state index is 0.163. The van der Waals surface area contributed by atoms with Gasteiger partial charge in [0.2, 0.25) is 0 Å². The molecule has 2 aromatic heterocycles. The number of Topliss-reactive ketones (excluding diaryl/α,β-unsaturated/α-hetero) is 1. The Hall–Kier alpha value is -3.09.